The Morgan fingerprint density at radius 3 is 2.68 bits per heavy atom. The van der Waals surface area contributed by atoms with E-state index in [2.05, 4.69) is 37.3 Å². The van der Waals surface area contributed by atoms with Crippen molar-refractivity contribution in [1.82, 2.24) is 25.2 Å². The zero-order valence-corrected chi connectivity index (χ0v) is 14.7. The number of carbonyl (C=O) groups excluding carboxylic acids is 1. The molecule has 0 radical (unpaired) electrons. The molecule has 2 amide bonds. The summed E-state index contributed by atoms with van der Waals surface area (Å²) in [6.45, 7) is 4.28. The predicted octanol–water partition coefficient (Wildman–Crippen LogP) is 1.99. The minimum Gasteiger partial charge on any atom is -0.356 e. The molecule has 1 aliphatic rings. The lowest BCUT2D eigenvalue weighted by molar-refractivity contribution is 0.199. The highest BCUT2D eigenvalue weighted by Gasteiger charge is 2.22. The van der Waals surface area contributed by atoms with Crippen LogP contribution in [0.4, 0.5) is 10.6 Å². The fourth-order valence-corrected chi connectivity index (χ4v) is 2.91. The van der Waals surface area contributed by atoms with Gasteiger partial charge in [-0.2, -0.15) is 0 Å². The van der Waals surface area contributed by atoms with Crippen molar-refractivity contribution < 1.29 is 4.79 Å². The number of aromatic nitrogens is 3. The Kier molecular flexibility index (Phi) is 5.42. The van der Waals surface area contributed by atoms with E-state index >= 15 is 0 Å². The average molecular weight is 340 g/mol. The van der Waals surface area contributed by atoms with Gasteiger partial charge in [0, 0.05) is 44.8 Å². The average Bonchev–Trinajstić information content (AvgIpc) is 2.64. The van der Waals surface area contributed by atoms with Gasteiger partial charge >= 0.3 is 6.03 Å². The summed E-state index contributed by atoms with van der Waals surface area (Å²) in [4.78, 5) is 29.0. The highest BCUT2D eigenvalue weighted by atomic mass is 16.2. The smallest absolute Gasteiger partial charge is 0.317 e. The van der Waals surface area contributed by atoms with Crippen LogP contribution in [0.15, 0.2) is 36.9 Å². The fraction of sp³-hybridized carbons (Fsp3) is 0.444. The van der Waals surface area contributed by atoms with Crippen LogP contribution in [-0.4, -0.2) is 52.1 Å². The number of rotatable bonds is 4. The Hall–Kier alpha value is -2.70. The van der Waals surface area contributed by atoms with Crippen LogP contribution in [0.1, 0.15) is 24.1 Å². The molecule has 0 atom stereocenters. The van der Waals surface area contributed by atoms with Crippen LogP contribution in [0.3, 0.4) is 0 Å². The quantitative estimate of drug-likeness (QED) is 0.921. The number of piperidine rings is 1. The van der Waals surface area contributed by atoms with E-state index in [9.17, 15) is 4.79 Å². The summed E-state index contributed by atoms with van der Waals surface area (Å²) in [5, 5.41) is 3.11. The van der Waals surface area contributed by atoms with Gasteiger partial charge in [0.1, 0.15) is 5.82 Å². The van der Waals surface area contributed by atoms with Gasteiger partial charge in [0.15, 0.2) is 0 Å². The maximum Gasteiger partial charge on any atom is 0.317 e. The number of nitrogens with zero attached hydrogens (tertiary/aromatic N) is 5. The van der Waals surface area contributed by atoms with Gasteiger partial charge < -0.3 is 15.1 Å². The zero-order chi connectivity index (χ0) is 17.6. The van der Waals surface area contributed by atoms with Crippen molar-refractivity contribution in [2.45, 2.75) is 32.4 Å². The van der Waals surface area contributed by atoms with Gasteiger partial charge in [-0.15, -0.1) is 0 Å². The number of nitrogens with one attached hydrogen (secondary N) is 1. The molecular formula is C18H24N6O. The molecule has 1 saturated heterocycles. The highest BCUT2D eigenvalue weighted by molar-refractivity contribution is 5.74. The van der Waals surface area contributed by atoms with Gasteiger partial charge in [-0.05, 0) is 31.4 Å². The number of hydrogen-bond donors (Lipinski definition) is 1. The monoisotopic (exact) mass is 340 g/mol. The summed E-state index contributed by atoms with van der Waals surface area (Å²) in [6.07, 6.45) is 8.66. The van der Waals surface area contributed by atoms with Gasteiger partial charge in [-0.3, -0.25) is 9.97 Å². The third-order valence-electron chi connectivity index (χ3n) is 4.40. The van der Waals surface area contributed by atoms with Gasteiger partial charge in [0.2, 0.25) is 0 Å². The van der Waals surface area contributed by atoms with Crippen LogP contribution < -0.4 is 10.2 Å². The second-order valence-corrected chi connectivity index (χ2v) is 6.46. The van der Waals surface area contributed by atoms with Crippen molar-refractivity contribution in [2.24, 2.45) is 0 Å². The molecule has 1 N–H and O–H groups in total. The standard InChI is InChI=1S/C18H24N6O/c1-14-3-4-17(21-11-14)24-9-5-15(6-10-24)22-18(25)23(2)13-16-12-19-7-8-20-16/h3-4,7-8,11-12,15H,5-6,9-10,13H2,1-2H3,(H,22,25). The number of aryl methyl sites for hydroxylation is 1. The molecule has 2 aromatic rings. The van der Waals surface area contributed by atoms with Crippen LogP contribution in [0.25, 0.3) is 0 Å². The van der Waals surface area contributed by atoms with Crippen LogP contribution in [0.2, 0.25) is 0 Å². The van der Waals surface area contributed by atoms with Crippen LogP contribution in [0.5, 0.6) is 0 Å². The van der Waals surface area contributed by atoms with E-state index < -0.39 is 0 Å². The van der Waals surface area contributed by atoms with Crippen molar-refractivity contribution in [2.75, 3.05) is 25.0 Å². The van der Waals surface area contributed by atoms with Crippen LogP contribution >= 0.6 is 0 Å². The second-order valence-electron chi connectivity index (χ2n) is 6.46. The minimum atomic E-state index is -0.0717. The number of carbonyl (C=O) groups is 1. The first-order valence-electron chi connectivity index (χ1n) is 8.56. The first-order chi connectivity index (χ1) is 12.1. The number of pyridine rings is 1. The molecule has 0 aromatic carbocycles. The van der Waals surface area contributed by atoms with Crippen molar-refractivity contribution in [3.05, 3.63) is 48.2 Å². The van der Waals surface area contributed by atoms with Gasteiger partial charge in [0.25, 0.3) is 0 Å². The van der Waals surface area contributed by atoms with E-state index in [1.54, 1.807) is 30.5 Å². The summed E-state index contributed by atoms with van der Waals surface area (Å²) in [6, 6.07) is 4.26. The first kappa shape index (κ1) is 17.1. The SMILES string of the molecule is Cc1ccc(N2CCC(NC(=O)N(C)Cc3cnccn3)CC2)nc1. The molecule has 7 heteroatoms. The van der Waals surface area contributed by atoms with Gasteiger partial charge in [-0.25, -0.2) is 9.78 Å². The van der Waals surface area contributed by atoms with Crippen molar-refractivity contribution in [1.29, 1.82) is 0 Å². The molecule has 132 valence electrons. The van der Waals surface area contributed by atoms with Gasteiger partial charge in [-0.1, -0.05) is 6.07 Å². The fourth-order valence-electron chi connectivity index (χ4n) is 2.91. The molecule has 0 unspecified atom stereocenters. The molecule has 0 saturated carbocycles. The minimum absolute atomic E-state index is 0.0717. The Bertz CT molecular complexity index is 682. The molecule has 7 nitrogen and oxygen atoms in total. The molecule has 25 heavy (non-hydrogen) atoms. The lowest BCUT2D eigenvalue weighted by Gasteiger charge is -2.34. The molecule has 1 aliphatic heterocycles. The summed E-state index contributed by atoms with van der Waals surface area (Å²) >= 11 is 0. The van der Waals surface area contributed by atoms with E-state index in [1.807, 2.05) is 13.1 Å². The topological polar surface area (TPSA) is 74.2 Å². The number of anilines is 1. The largest absolute Gasteiger partial charge is 0.356 e. The van der Waals surface area contributed by atoms with Crippen molar-refractivity contribution in [3.63, 3.8) is 0 Å². The summed E-state index contributed by atoms with van der Waals surface area (Å²) in [5.41, 5.74) is 1.94. The Balaban J connectivity index is 1.46. The third-order valence-corrected chi connectivity index (χ3v) is 4.40. The second kappa shape index (κ2) is 7.92. The zero-order valence-electron chi connectivity index (χ0n) is 14.7. The van der Waals surface area contributed by atoms with Crippen molar-refractivity contribution >= 4 is 11.8 Å². The normalized spacial score (nSPS) is 15.0. The molecule has 1 fully saturated rings. The van der Waals surface area contributed by atoms with Crippen LogP contribution in [0, 0.1) is 6.92 Å². The Morgan fingerprint density at radius 2 is 2.04 bits per heavy atom. The molecule has 3 heterocycles. The summed E-state index contributed by atoms with van der Waals surface area (Å²) in [5.74, 6) is 1.01. The lowest BCUT2D eigenvalue weighted by atomic mass is 10.1. The maximum atomic E-state index is 12.3. The summed E-state index contributed by atoms with van der Waals surface area (Å²) in [7, 11) is 1.77. The van der Waals surface area contributed by atoms with Crippen LogP contribution in [-0.2, 0) is 6.54 Å². The van der Waals surface area contributed by atoms with E-state index in [1.165, 1.54) is 0 Å². The number of amides is 2. The molecular weight excluding hydrogens is 316 g/mol. The predicted molar refractivity (Wildman–Crippen MR) is 96.2 cm³/mol. The van der Waals surface area contributed by atoms with Crippen molar-refractivity contribution in [3.8, 4) is 0 Å². The first-order valence-corrected chi connectivity index (χ1v) is 8.56. The van der Waals surface area contributed by atoms with E-state index in [-0.39, 0.29) is 12.1 Å². The third kappa shape index (κ3) is 4.65. The number of hydrogen-bond acceptors (Lipinski definition) is 5. The Labute approximate surface area is 148 Å². The molecule has 3 rings (SSSR count). The maximum absolute atomic E-state index is 12.3. The summed E-state index contributed by atoms with van der Waals surface area (Å²) < 4.78 is 0. The van der Waals surface area contributed by atoms with Gasteiger partial charge in [0.05, 0.1) is 18.4 Å². The number of urea groups is 1. The molecule has 0 bridgehead atoms. The lowest BCUT2D eigenvalue weighted by Crippen LogP contribution is -2.48. The van der Waals surface area contributed by atoms with E-state index in [0.29, 0.717) is 6.54 Å². The Morgan fingerprint density at radius 1 is 1.24 bits per heavy atom. The molecule has 2 aromatic heterocycles. The van der Waals surface area contributed by atoms with E-state index in [4.69, 9.17) is 0 Å². The highest BCUT2D eigenvalue weighted by Crippen LogP contribution is 2.18. The molecule has 0 spiro atoms. The molecule has 0 aliphatic carbocycles. The van der Waals surface area contributed by atoms with E-state index in [0.717, 1.165) is 43.0 Å².